The van der Waals surface area contributed by atoms with Crippen LogP contribution >= 0.6 is 23.1 Å². The molecule has 19 heteroatoms. The smallest absolute Gasteiger partial charge is 0.234 e. The van der Waals surface area contributed by atoms with Crippen molar-refractivity contribution in [1.29, 1.82) is 0 Å². The number of ether oxygens (including phenoxy) is 1. The summed E-state index contributed by atoms with van der Waals surface area (Å²) < 4.78 is 50.7. The van der Waals surface area contributed by atoms with Crippen molar-refractivity contribution in [1.82, 2.24) is 35.1 Å². The van der Waals surface area contributed by atoms with Crippen molar-refractivity contribution in [3.8, 4) is 5.75 Å². The molecule has 3 aromatic carbocycles. The number of carbonyl (C=O) groups excluding carboxylic acids is 2. The summed E-state index contributed by atoms with van der Waals surface area (Å²) in [5.41, 5.74) is 5.29. The van der Waals surface area contributed by atoms with Gasteiger partial charge in [0, 0.05) is 113 Å². The minimum Gasteiger partial charge on any atom is -0.494 e. The molecule has 5 aromatic rings. The number of piperazine rings is 1. The van der Waals surface area contributed by atoms with E-state index in [1.165, 1.54) is 23.4 Å². The van der Waals surface area contributed by atoms with Gasteiger partial charge in [0.1, 0.15) is 35.9 Å². The molecule has 3 N–H and O–H groups in total. The van der Waals surface area contributed by atoms with Crippen LogP contribution in [0, 0.1) is 17.6 Å². The fourth-order valence-electron chi connectivity index (χ4n) is 10.5. The van der Waals surface area contributed by atoms with Gasteiger partial charge < -0.3 is 34.6 Å². The fourth-order valence-corrected chi connectivity index (χ4v) is 12.1. The number of methoxy groups -OCH3 is 1. The first kappa shape index (κ1) is 47.8. The molecule has 2 aromatic heterocycles. The van der Waals surface area contributed by atoms with Crippen LogP contribution in [0.3, 0.4) is 0 Å². The molecule has 9 rings (SSSR count). The van der Waals surface area contributed by atoms with E-state index in [0.717, 1.165) is 96.7 Å². The Hall–Kier alpha value is -5.29. The molecule has 4 aliphatic heterocycles. The van der Waals surface area contributed by atoms with Gasteiger partial charge in [0.05, 0.1) is 39.7 Å². The van der Waals surface area contributed by atoms with Crippen molar-refractivity contribution in [2.24, 2.45) is 5.92 Å². The number of carbonyl (C=O) groups is 2. The number of rotatable bonds is 13. The molecule has 4 aliphatic rings. The zero-order valence-corrected chi connectivity index (χ0v) is 41.5. The standard InChI is InChI=1S/C49H59BrF2N11O4P/c1-5-31-24-40(57-49-55-28-35(50)47(59-49)56-39-8-7-38-45(54-15-14-53-38)46(39)68(3,4)66)42(67-2)27-41(31)63-18-12-32(13-19-63)62-22-20-60(21-23-62)29-30-10-16-61(17-11-30)33-25-36(51)44(37(52)26-33)34-6-9-43(64)58-48(34)65/h7-8,14-15,24-28,30,32,34H,5-6,9-13,16-23,29H2,1-4H3,(H,58,64,65)(H2,55,56,57,59). The Morgan fingerprint density at radius 2 is 1.56 bits per heavy atom. The van der Waals surface area contributed by atoms with Gasteiger partial charge in [-0.1, -0.05) is 6.92 Å². The summed E-state index contributed by atoms with van der Waals surface area (Å²) in [5, 5.41) is 9.59. The normalized spacial score (nSPS) is 19.4. The number of halogens is 3. The zero-order valence-electron chi connectivity index (χ0n) is 39.0. The van der Waals surface area contributed by atoms with E-state index >= 15 is 8.78 Å². The average Bonchev–Trinajstić information content (AvgIpc) is 3.33. The summed E-state index contributed by atoms with van der Waals surface area (Å²) in [6, 6.07) is 11.2. The van der Waals surface area contributed by atoms with E-state index in [1.807, 2.05) is 17.0 Å². The maximum atomic E-state index is 15.3. The third kappa shape index (κ3) is 10.3. The van der Waals surface area contributed by atoms with Gasteiger partial charge in [-0.25, -0.2) is 13.8 Å². The minimum absolute atomic E-state index is 0.0676. The first-order valence-electron chi connectivity index (χ1n) is 23.6. The second kappa shape index (κ2) is 20.4. The number of amides is 2. The molecule has 0 aliphatic carbocycles. The minimum atomic E-state index is -2.78. The Morgan fingerprint density at radius 3 is 2.24 bits per heavy atom. The molecule has 0 saturated carbocycles. The predicted octanol–water partition coefficient (Wildman–Crippen LogP) is 7.79. The second-order valence-corrected chi connectivity index (χ2v) is 22.7. The van der Waals surface area contributed by atoms with Crippen molar-refractivity contribution in [3.63, 3.8) is 0 Å². The number of aromatic nitrogens is 4. The van der Waals surface area contributed by atoms with Gasteiger partial charge in [0.2, 0.25) is 17.8 Å². The molecule has 6 heterocycles. The first-order valence-corrected chi connectivity index (χ1v) is 27.0. The number of fused-ring (bicyclic) bond motifs is 1. The molecule has 0 radical (unpaired) electrons. The van der Waals surface area contributed by atoms with Gasteiger partial charge in [-0.15, -0.1) is 0 Å². The molecular weight excluding hydrogens is 955 g/mol. The molecule has 0 bridgehead atoms. The number of benzene rings is 3. The number of imide groups is 1. The highest BCUT2D eigenvalue weighted by molar-refractivity contribution is 9.10. The number of hydrogen-bond donors (Lipinski definition) is 3. The largest absolute Gasteiger partial charge is 0.494 e. The molecule has 2 amide bonds. The van der Waals surface area contributed by atoms with Crippen LogP contribution in [-0.2, 0) is 20.6 Å². The van der Waals surface area contributed by atoms with Gasteiger partial charge in [0.15, 0.2) is 0 Å². The van der Waals surface area contributed by atoms with E-state index in [-0.39, 0.29) is 18.4 Å². The van der Waals surface area contributed by atoms with Gasteiger partial charge in [-0.05, 0) is 110 Å². The number of hydrogen-bond acceptors (Lipinski definition) is 14. The van der Waals surface area contributed by atoms with Crippen molar-refractivity contribution in [3.05, 3.63) is 82.2 Å². The molecule has 15 nitrogen and oxygen atoms in total. The quantitative estimate of drug-likeness (QED) is 0.0775. The maximum Gasteiger partial charge on any atom is 0.234 e. The maximum absolute atomic E-state index is 15.3. The molecule has 360 valence electrons. The highest BCUT2D eigenvalue weighted by Gasteiger charge is 2.34. The van der Waals surface area contributed by atoms with Gasteiger partial charge in [0.25, 0.3) is 0 Å². The highest BCUT2D eigenvalue weighted by Crippen LogP contribution is 2.42. The summed E-state index contributed by atoms with van der Waals surface area (Å²) >= 11 is 3.60. The number of aryl methyl sites for hydroxylation is 1. The third-order valence-corrected chi connectivity index (χ3v) is 16.2. The zero-order chi connectivity index (χ0) is 47.7. The van der Waals surface area contributed by atoms with E-state index in [1.54, 1.807) is 39.0 Å². The third-order valence-electron chi connectivity index (χ3n) is 14.1. The summed E-state index contributed by atoms with van der Waals surface area (Å²) in [6.07, 6.45) is 9.98. The van der Waals surface area contributed by atoms with Crippen LogP contribution in [0.2, 0.25) is 0 Å². The van der Waals surface area contributed by atoms with Crippen LogP contribution < -0.4 is 35.8 Å². The van der Waals surface area contributed by atoms with E-state index in [0.29, 0.717) is 61.7 Å². The fraction of sp³-hybridized carbons (Fsp3) is 0.469. The van der Waals surface area contributed by atoms with E-state index in [9.17, 15) is 14.2 Å². The Kier molecular flexibility index (Phi) is 14.3. The molecule has 1 atom stereocenters. The molecule has 0 spiro atoms. The van der Waals surface area contributed by atoms with Gasteiger partial charge >= 0.3 is 0 Å². The van der Waals surface area contributed by atoms with Crippen LogP contribution in [0.1, 0.15) is 62.5 Å². The Bertz CT molecular complexity index is 2720. The van der Waals surface area contributed by atoms with Crippen LogP contribution in [0.15, 0.2) is 59.5 Å². The van der Waals surface area contributed by atoms with Crippen LogP contribution in [0.4, 0.5) is 43.3 Å². The number of nitrogens with zero attached hydrogens (tertiary/aromatic N) is 8. The average molecular weight is 1010 g/mol. The Balaban J connectivity index is 0.767. The van der Waals surface area contributed by atoms with Crippen LogP contribution in [0.25, 0.3) is 11.0 Å². The lowest BCUT2D eigenvalue weighted by Gasteiger charge is -2.44. The Labute approximate surface area is 404 Å². The second-order valence-electron chi connectivity index (χ2n) is 18.7. The monoisotopic (exact) mass is 1010 g/mol. The number of anilines is 6. The van der Waals surface area contributed by atoms with E-state index in [2.05, 4.69) is 80.6 Å². The number of piperidine rings is 3. The van der Waals surface area contributed by atoms with E-state index < -0.39 is 36.5 Å². The highest BCUT2D eigenvalue weighted by atomic mass is 79.9. The van der Waals surface area contributed by atoms with Crippen molar-refractivity contribution in [2.75, 3.05) is 99.8 Å². The van der Waals surface area contributed by atoms with Gasteiger partial charge in [-0.2, -0.15) is 4.98 Å². The molecule has 68 heavy (non-hydrogen) atoms. The van der Waals surface area contributed by atoms with Crippen molar-refractivity contribution in [2.45, 2.75) is 63.8 Å². The SMILES string of the molecule is CCc1cc(Nc2ncc(Br)c(Nc3ccc4nccnc4c3P(C)(C)=O)n2)c(OC)cc1N1CCC(N2CCN(CC3CCN(c4cc(F)c(C5CCC(=O)NC5=O)c(F)c4)CC3)CC2)CC1. The first-order chi connectivity index (χ1) is 32.8. The summed E-state index contributed by atoms with van der Waals surface area (Å²) in [6.45, 7) is 14.1. The van der Waals surface area contributed by atoms with Crippen molar-refractivity contribution < 1.29 is 27.7 Å². The molecule has 4 fully saturated rings. The van der Waals surface area contributed by atoms with Crippen LogP contribution in [0.5, 0.6) is 5.75 Å². The predicted molar refractivity (Wildman–Crippen MR) is 267 cm³/mol. The summed E-state index contributed by atoms with van der Waals surface area (Å²) in [5.74, 6) is -1.43. The molecular formula is C49H59BrF2N11O4P. The molecule has 4 saturated heterocycles. The summed E-state index contributed by atoms with van der Waals surface area (Å²) in [7, 11) is -1.11. The van der Waals surface area contributed by atoms with E-state index in [4.69, 9.17) is 9.72 Å². The van der Waals surface area contributed by atoms with Crippen molar-refractivity contribution >= 4 is 85.7 Å². The lowest BCUT2D eigenvalue weighted by Crippen LogP contribution is -2.54. The number of nitrogens with one attached hydrogen (secondary N) is 3. The lowest BCUT2D eigenvalue weighted by molar-refractivity contribution is -0.134. The Morgan fingerprint density at radius 1 is 0.853 bits per heavy atom. The summed E-state index contributed by atoms with van der Waals surface area (Å²) in [4.78, 5) is 52.0. The topological polar surface area (TPSA) is 161 Å². The molecule has 1 unspecified atom stereocenters. The van der Waals surface area contributed by atoms with Gasteiger partial charge in [-0.3, -0.25) is 29.8 Å². The lowest BCUT2D eigenvalue weighted by atomic mass is 9.89. The van der Waals surface area contributed by atoms with Crippen LogP contribution in [-0.4, -0.2) is 127 Å².